The van der Waals surface area contributed by atoms with Crippen molar-refractivity contribution in [3.8, 4) is 0 Å². The molecule has 3 rings (SSSR count). The normalized spacial score (nSPS) is 16.7. The number of benzene rings is 1. The number of nitrogens with one attached hydrogen (secondary N) is 1. The average Bonchev–Trinajstić information content (AvgIpc) is 3.02. The molecule has 1 fully saturated rings. The van der Waals surface area contributed by atoms with Gasteiger partial charge in [-0.15, -0.1) is 0 Å². The first-order valence-corrected chi connectivity index (χ1v) is 7.51. The molecule has 0 radical (unpaired) electrons. The fourth-order valence-electron chi connectivity index (χ4n) is 2.60. The predicted molar refractivity (Wildman–Crippen MR) is 83.5 cm³/mol. The molecule has 1 aromatic heterocycles. The van der Waals surface area contributed by atoms with Gasteiger partial charge in [-0.3, -0.25) is 5.01 Å². The highest BCUT2D eigenvalue weighted by molar-refractivity contribution is 5.75. The summed E-state index contributed by atoms with van der Waals surface area (Å²) >= 11 is 0. The Balaban J connectivity index is 1.47. The third-order valence-electron chi connectivity index (χ3n) is 3.91. The molecule has 2 aromatic rings. The van der Waals surface area contributed by atoms with E-state index in [0.29, 0.717) is 0 Å². The molecule has 1 aliphatic heterocycles. The van der Waals surface area contributed by atoms with E-state index in [1.165, 1.54) is 11.1 Å². The molecule has 0 bridgehead atoms. The van der Waals surface area contributed by atoms with Crippen LogP contribution in [-0.2, 0) is 6.54 Å². The maximum atomic E-state index is 5.25. The van der Waals surface area contributed by atoms with E-state index in [9.17, 15) is 0 Å². The molecule has 1 aromatic carbocycles. The third kappa shape index (κ3) is 3.95. The van der Waals surface area contributed by atoms with Gasteiger partial charge in [0.2, 0.25) is 0 Å². The lowest BCUT2D eigenvalue weighted by Gasteiger charge is -2.30. The number of nitrogens with zero attached hydrogens (tertiary/aromatic N) is 2. The highest BCUT2D eigenvalue weighted by atomic mass is 16.3. The second-order valence-corrected chi connectivity index (χ2v) is 5.63. The van der Waals surface area contributed by atoms with Gasteiger partial charge in [0, 0.05) is 5.56 Å². The summed E-state index contributed by atoms with van der Waals surface area (Å²) in [5.41, 5.74) is 2.74. The molecule has 21 heavy (non-hydrogen) atoms. The molecular formula is C17H22N3O+. The molecule has 0 unspecified atom stereocenters. The highest BCUT2D eigenvalue weighted by Crippen LogP contribution is 2.02. The van der Waals surface area contributed by atoms with Crippen molar-refractivity contribution in [3.05, 3.63) is 59.5 Å². The number of hydrogen-bond acceptors (Lipinski definition) is 3. The Morgan fingerprint density at radius 1 is 1.19 bits per heavy atom. The molecule has 110 valence electrons. The lowest BCUT2D eigenvalue weighted by atomic mass is 10.1. The van der Waals surface area contributed by atoms with Crippen LogP contribution in [0, 0.1) is 6.92 Å². The lowest BCUT2D eigenvalue weighted by Crippen LogP contribution is -3.13. The average molecular weight is 284 g/mol. The van der Waals surface area contributed by atoms with Crippen LogP contribution >= 0.6 is 0 Å². The van der Waals surface area contributed by atoms with Crippen LogP contribution in [0.4, 0.5) is 0 Å². The lowest BCUT2D eigenvalue weighted by molar-refractivity contribution is -0.918. The van der Waals surface area contributed by atoms with Gasteiger partial charge in [-0.25, -0.2) is 0 Å². The molecule has 4 nitrogen and oxygen atoms in total. The Hall–Kier alpha value is -2.07. The SMILES string of the molecule is Cc1ccc(C[NH+]2CCN(/N=C/c3ccco3)CC2)cc1. The minimum atomic E-state index is 0.810. The number of piperazine rings is 1. The van der Waals surface area contributed by atoms with Gasteiger partial charge in [0.15, 0.2) is 0 Å². The quantitative estimate of drug-likeness (QED) is 0.859. The molecule has 1 aliphatic rings. The summed E-state index contributed by atoms with van der Waals surface area (Å²) in [6, 6.07) is 12.7. The van der Waals surface area contributed by atoms with Crippen LogP contribution in [0.5, 0.6) is 0 Å². The van der Waals surface area contributed by atoms with E-state index in [1.54, 1.807) is 17.4 Å². The van der Waals surface area contributed by atoms with Crippen molar-refractivity contribution >= 4 is 6.21 Å². The Morgan fingerprint density at radius 2 is 1.95 bits per heavy atom. The Kier molecular flexibility index (Phi) is 4.36. The van der Waals surface area contributed by atoms with Crippen LogP contribution in [0.25, 0.3) is 0 Å². The van der Waals surface area contributed by atoms with Crippen LogP contribution in [0.1, 0.15) is 16.9 Å². The van der Waals surface area contributed by atoms with Gasteiger partial charge in [-0.05, 0) is 19.1 Å². The summed E-state index contributed by atoms with van der Waals surface area (Å²) in [6.07, 6.45) is 3.47. The summed E-state index contributed by atoms with van der Waals surface area (Å²) in [5.74, 6) is 0.810. The highest BCUT2D eigenvalue weighted by Gasteiger charge is 2.18. The summed E-state index contributed by atoms with van der Waals surface area (Å²) in [4.78, 5) is 1.63. The monoisotopic (exact) mass is 284 g/mol. The van der Waals surface area contributed by atoms with E-state index in [0.717, 1.165) is 38.5 Å². The minimum Gasteiger partial charge on any atom is -0.463 e. The fourth-order valence-corrected chi connectivity index (χ4v) is 2.60. The minimum absolute atomic E-state index is 0.810. The van der Waals surface area contributed by atoms with Gasteiger partial charge in [-0.2, -0.15) is 5.10 Å². The van der Waals surface area contributed by atoms with Crippen molar-refractivity contribution in [1.82, 2.24) is 5.01 Å². The van der Waals surface area contributed by atoms with Crippen molar-refractivity contribution in [3.63, 3.8) is 0 Å². The third-order valence-corrected chi connectivity index (χ3v) is 3.91. The van der Waals surface area contributed by atoms with Crippen molar-refractivity contribution in [2.75, 3.05) is 26.2 Å². The smallest absolute Gasteiger partial charge is 0.146 e. The summed E-state index contributed by atoms with van der Waals surface area (Å²) < 4.78 is 5.25. The number of hydrazone groups is 1. The zero-order valence-corrected chi connectivity index (χ0v) is 12.5. The van der Waals surface area contributed by atoms with Gasteiger partial charge in [0.1, 0.15) is 12.3 Å². The molecule has 0 atom stereocenters. The van der Waals surface area contributed by atoms with Gasteiger partial charge in [-0.1, -0.05) is 29.8 Å². The maximum Gasteiger partial charge on any atom is 0.146 e. The van der Waals surface area contributed by atoms with Crippen LogP contribution in [-0.4, -0.2) is 37.4 Å². The van der Waals surface area contributed by atoms with Crippen LogP contribution in [0.2, 0.25) is 0 Å². The molecule has 4 heteroatoms. The topological polar surface area (TPSA) is 33.2 Å². The molecule has 0 aliphatic carbocycles. The predicted octanol–water partition coefficient (Wildman–Crippen LogP) is 1.32. The second-order valence-electron chi connectivity index (χ2n) is 5.63. The van der Waals surface area contributed by atoms with Crippen molar-refractivity contribution in [1.29, 1.82) is 0 Å². The second kappa shape index (κ2) is 6.59. The zero-order chi connectivity index (χ0) is 14.5. The Morgan fingerprint density at radius 3 is 2.62 bits per heavy atom. The first-order valence-electron chi connectivity index (χ1n) is 7.51. The Labute approximate surface area is 125 Å². The molecule has 0 amide bonds. The number of rotatable bonds is 4. The van der Waals surface area contributed by atoms with Crippen LogP contribution in [0.3, 0.4) is 0 Å². The van der Waals surface area contributed by atoms with Crippen molar-refractivity contribution in [2.24, 2.45) is 5.10 Å². The van der Waals surface area contributed by atoms with Gasteiger partial charge in [0.25, 0.3) is 0 Å². The van der Waals surface area contributed by atoms with E-state index in [4.69, 9.17) is 4.42 Å². The van der Waals surface area contributed by atoms with E-state index in [-0.39, 0.29) is 0 Å². The van der Waals surface area contributed by atoms with Crippen molar-refractivity contribution in [2.45, 2.75) is 13.5 Å². The first kappa shape index (κ1) is 13.9. The summed E-state index contributed by atoms with van der Waals surface area (Å²) in [6.45, 7) is 7.49. The molecule has 0 saturated carbocycles. The van der Waals surface area contributed by atoms with Gasteiger partial charge < -0.3 is 9.32 Å². The first-order chi connectivity index (χ1) is 10.3. The zero-order valence-electron chi connectivity index (χ0n) is 12.5. The Bertz CT molecular complexity index is 567. The van der Waals surface area contributed by atoms with Crippen molar-refractivity contribution < 1.29 is 9.32 Å². The molecule has 1 N–H and O–H groups in total. The molecule has 0 spiro atoms. The standard InChI is InChI=1S/C17H21N3O/c1-15-4-6-16(7-5-15)14-19-8-10-20(11-9-19)18-13-17-3-2-12-21-17/h2-7,12-13H,8-11,14H2,1H3/p+1/b18-13+. The van der Waals surface area contributed by atoms with E-state index in [1.807, 2.05) is 12.1 Å². The molecular weight excluding hydrogens is 262 g/mol. The molecule has 2 heterocycles. The van der Waals surface area contributed by atoms with E-state index in [2.05, 4.69) is 41.3 Å². The number of hydrogen-bond donors (Lipinski definition) is 1. The largest absolute Gasteiger partial charge is 0.463 e. The van der Waals surface area contributed by atoms with Crippen LogP contribution in [0.15, 0.2) is 52.2 Å². The summed E-state index contributed by atoms with van der Waals surface area (Å²) in [5, 5.41) is 6.61. The fraction of sp³-hybridized carbons (Fsp3) is 0.353. The van der Waals surface area contributed by atoms with Crippen LogP contribution < -0.4 is 4.90 Å². The number of aryl methyl sites for hydroxylation is 1. The maximum absolute atomic E-state index is 5.25. The number of quaternary nitrogens is 1. The summed E-state index contributed by atoms with van der Waals surface area (Å²) in [7, 11) is 0. The van der Waals surface area contributed by atoms with Gasteiger partial charge in [0.05, 0.1) is 38.7 Å². The number of furan rings is 1. The molecule has 1 saturated heterocycles. The van der Waals surface area contributed by atoms with Gasteiger partial charge >= 0.3 is 0 Å². The van der Waals surface area contributed by atoms with E-state index < -0.39 is 0 Å². The van der Waals surface area contributed by atoms with E-state index >= 15 is 0 Å².